The molecule has 102 valence electrons. The lowest BCUT2D eigenvalue weighted by atomic mass is 10.4. The van der Waals surface area contributed by atoms with Crippen LogP contribution in [0, 0.1) is 6.92 Å². The Balaban J connectivity index is 2.03. The fraction of sp³-hybridized carbons (Fsp3) is 0.750. The van der Waals surface area contributed by atoms with Gasteiger partial charge in [0.2, 0.25) is 0 Å². The van der Waals surface area contributed by atoms with Crippen LogP contribution in [0.5, 0.6) is 0 Å². The van der Waals surface area contributed by atoms with Crippen LogP contribution in [0.3, 0.4) is 0 Å². The first kappa shape index (κ1) is 14.0. The number of hydrogen-bond acceptors (Lipinski definition) is 5. The molecule has 0 unspecified atom stereocenters. The van der Waals surface area contributed by atoms with Crippen LogP contribution in [0.15, 0.2) is 0 Å². The zero-order chi connectivity index (χ0) is 13.3. The van der Waals surface area contributed by atoms with Gasteiger partial charge in [-0.3, -0.25) is 0 Å². The van der Waals surface area contributed by atoms with Crippen LogP contribution in [0.25, 0.3) is 0 Å². The van der Waals surface area contributed by atoms with Crippen molar-refractivity contribution in [3.63, 3.8) is 0 Å². The summed E-state index contributed by atoms with van der Waals surface area (Å²) in [5.74, 6) is 0.0690. The van der Waals surface area contributed by atoms with Crippen molar-refractivity contribution in [1.29, 1.82) is 0 Å². The molecule has 1 aliphatic rings. The lowest BCUT2D eigenvalue weighted by Crippen LogP contribution is -2.15. The Bertz CT molecular complexity index is 516. The average molecular weight is 288 g/mol. The van der Waals surface area contributed by atoms with E-state index in [1.54, 1.807) is 13.8 Å². The van der Waals surface area contributed by atoms with Crippen LogP contribution < -0.4 is 5.32 Å². The van der Waals surface area contributed by atoms with E-state index >= 15 is 0 Å². The van der Waals surface area contributed by atoms with Crippen LogP contribution in [0.2, 0.25) is 0 Å². The summed E-state index contributed by atoms with van der Waals surface area (Å²) < 4.78 is 23.7. The van der Waals surface area contributed by atoms with Crippen LogP contribution in [-0.2, 0) is 22.1 Å². The quantitative estimate of drug-likeness (QED) is 0.870. The minimum Gasteiger partial charge on any atom is -0.309 e. The van der Waals surface area contributed by atoms with Gasteiger partial charge in [0, 0.05) is 17.5 Å². The summed E-state index contributed by atoms with van der Waals surface area (Å²) in [4.78, 5) is 5.54. The van der Waals surface area contributed by atoms with Gasteiger partial charge in [-0.1, -0.05) is 0 Å². The van der Waals surface area contributed by atoms with Crippen molar-refractivity contribution in [3.05, 3.63) is 15.6 Å². The maximum atomic E-state index is 11.8. The lowest BCUT2D eigenvalue weighted by Gasteiger charge is -2.04. The molecular weight excluding hydrogens is 268 g/mol. The second kappa shape index (κ2) is 5.27. The van der Waals surface area contributed by atoms with Crippen molar-refractivity contribution >= 4 is 21.2 Å². The summed E-state index contributed by atoms with van der Waals surface area (Å²) in [5, 5.41) is 3.81. The van der Waals surface area contributed by atoms with Crippen LogP contribution >= 0.6 is 11.3 Å². The molecule has 1 saturated carbocycles. The van der Waals surface area contributed by atoms with E-state index in [-0.39, 0.29) is 11.0 Å². The third-order valence-electron chi connectivity index (χ3n) is 3.11. The van der Waals surface area contributed by atoms with Crippen LogP contribution in [0.1, 0.15) is 42.3 Å². The predicted molar refractivity (Wildman–Crippen MR) is 74.5 cm³/mol. The van der Waals surface area contributed by atoms with Crippen molar-refractivity contribution in [2.75, 3.05) is 0 Å². The lowest BCUT2D eigenvalue weighted by molar-refractivity contribution is 0.586. The third-order valence-corrected chi connectivity index (χ3v) is 6.56. The maximum Gasteiger partial charge on any atom is 0.159 e. The molecule has 6 heteroatoms. The van der Waals surface area contributed by atoms with Crippen molar-refractivity contribution in [2.45, 2.75) is 57.2 Å². The van der Waals surface area contributed by atoms with Gasteiger partial charge in [0.15, 0.2) is 9.84 Å². The van der Waals surface area contributed by atoms with Gasteiger partial charge < -0.3 is 5.32 Å². The van der Waals surface area contributed by atoms with E-state index in [1.807, 2.05) is 6.92 Å². The van der Waals surface area contributed by atoms with Gasteiger partial charge in [0.05, 0.1) is 10.9 Å². The number of aromatic nitrogens is 1. The third kappa shape index (κ3) is 3.52. The van der Waals surface area contributed by atoms with E-state index in [0.717, 1.165) is 17.1 Å². The van der Waals surface area contributed by atoms with Crippen molar-refractivity contribution in [2.24, 2.45) is 0 Å². The summed E-state index contributed by atoms with van der Waals surface area (Å²) in [6.45, 7) is 6.19. The minimum atomic E-state index is -3.05. The molecule has 1 aromatic heterocycles. The van der Waals surface area contributed by atoms with Gasteiger partial charge in [-0.15, -0.1) is 11.3 Å². The number of thiazole rings is 1. The zero-order valence-electron chi connectivity index (χ0n) is 11.1. The molecule has 1 aliphatic carbocycles. The van der Waals surface area contributed by atoms with Crippen molar-refractivity contribution in [3.8, 4) is 0 Å². The van der Waals surface area contributed by atoms with E-state index in [9.17, 15) is 8.42 Å². The van der Waals surface area contributed by atoms with Crippen molar-refractivity contribution in [1.82, 2.24) is 10.3 Å². The highest BCUT2D eigenvalue weighted by molar-refractivity contribution is 7.91. The molecule has 1 fully saturated rings. The van der Waals surface area contributed by atoms with E-state index in [4.69, 9.17) is 0 Å². The van der Waals surface area contributed by atoms with Gasteiger partial charge in [-0.25, -0.2) is 13.4 Å². The first-order valence-corrected chi connectivity index (χ1v) is 8.82. The Kier molecular flexibility index (Phi) is 4.08. The number of rotatable bonds is 6. The highest BCUT2D eigenvalue weighted by Gasteiger charge is 2.22. The molecule has 2 rings (SSSR count). The van der Waals surface area contributed by atoms with Crippen LogP contribution in [0.4, 0.5) is 0 Å². The zero-order valence-corrected chi connectivity index (χ0v) is 12.7. The van der Waals surface area contributed by atoms with Gasteiger partial charge >= 0.3 is 0 Å². The van der Waals surface area contributed by atoms with Gasteiger partial charge in [-0.05, 0) is 33.6 Å². The molecule has 1 N–H and O–H groups in total. The fourth-order valence-corrected chi connectivity index (χ4v) is 3.86. The van der Waals surface area contributed by atoms with Crippen molar-refractivity contribution < 1.29 is 8.42 Å². The largest absolute Gasteiger partial charge is 0.309 e. The maximum absolute atomic E-state index is 11.8. The summed E-state index contributed by atoms with van der Waals surface area (Å²) in [6, 6.07) is 0.661. The second-order valence-electron chi connectivity index (χ2n) is 5.13. The number of hydrogen-bond donors (Lipinski definition) is 1. The molecule has 0 saturated heterocycles. The highest BCUT2D eigenvalue weighted by Crippen LogP contribution is 2.24. The standard InChI is InChI=1S/C12H20N2O2S2/c1-8(2)18(15,16)7-12-14-9(3)11(17-12)6-13-10-4-5-10/h8,10,13H,4-7H2,1-3H3. The molecule has 18 heavy (non-hydrogen) atoms. The number of nitrogens with zero attached hydrogens (tertiary/aromatic N) is 1. The highest BCUT2D eigenvalue weighted by atomic mass is 32.2. The molecule has 0 bridgehead atoms. The molecule has 1 aromatic rings. The summed E-state index contributed by atoms with van der Waals surface area (Å²) in [7, 11) is -3.05. The van der Waals surface area contributed by atoms with E-state index < -0.39 is 9.84 Å². The monoisotopic (exact) mass is 288 g/mol. The molecule has 0 radical (unpaired) electrons. The normalized spacial score (nSPS) is 16.4. The molecule has 0 aromatic carbocycles. The summed E-state index contributed by atoms with van der Waals surface area (Å²) >= 11 is 1.52. The summed E-state index contributed by atoms with van der Waals surface area (Å²) in [5.41, 5.74) is 0.960. The minimum absolute atomic E-state index is 0.0690. The predicted octanol–water partition coefficient (Wildman–Crippen LogP) is 2.03. The number of sulfone groups is 1. The Morgan fingerprint density at radius 2 is 2.11 bits per heavy atom. The average Bonchev–Trinajstić information content (AvgIpc) is 3.01. The molecule has 4 nitrogen and oxygen atoms in total. The first-order valence-electron chi connectivity index (χ1n) is 6.28. The van der Waals surface area contributed by atoms with E-state index in [1.165, 1.54) is 24.2 Å². The summed E-state index contributed by atoms with van der Waals surface area (Å²) in [6.07, 6.45) is 2.51. The molecule has 0 amide bonds. The second-order valence-corrected chi connectivity index (χ2v) is 8.85. The van der Waals surface area contributed by atoms with Gasteiger partial charge in [0.1, 0.15) is 10.8 Å². The smallest absolute Gasteiger partial charge is 0.159 e. The molecule has 0 aliphatic heterocycles. The Labute approximate surface area is 113 Å². The molecule has 0 atom stereocenters. The SMILES string of the molecule is Cc1nc(CS(=O)(=O)C(C)C)sc1CNC1CC1. The number of nitrogens with one attached hydrogen (secondary N) is 1. The Morgan fingerprint density at radius 1 is 1.44 bits per heavy atom. The Hall–Kier alpha value is -0.460. The van der Waals surface area contributed by atoms with Crippen LogP contribution in [-0.4, -0.2) is 24.7 Å². The topological polar surface area (TPSA) is 59.1 Å². The molecule has 1 heterocycles. The van der Waals surface area contributed by atoms with Gasteiger partial charge in [0.25, 0.3) is 0 Å². The van der Waals surface area contributed by atoms with Gasteiger partial charge in [-0.2, -0.15) is 0 Å². The Morgan fingerprint density at radius 3 is 2.67 bits per heavy atom. The fourth-order valence-electron chi connectivity index (χ4n) is 1.58. The van der Waals surface area contributed by atoms with E-state index in [2.05, 4.69) is 10.3 Å². The molecular formula is C12H20N2O2S2. The van der Waals surface area contributed by atoms with E-state index in [0.29, 0.717) is 11.0 Å². The number of aryl methyl sites for hydroxylation is 1. The first-order chi connectivity index (χ1) is 8.38. The molecule has 0 spiro atoms.